The lowest BCUT2D eigenvalue weighted by Gasteiger charge is -2.27. The van der Waals surface area contributed by atoms with Crippen molar-refractivity contribution in [3.05, 3.63) is 35.4 Å². The van der Waals surface area contributed by atoms with Gasteiger partial charge in [0.05, 0.1) is 13.2 Å². The molecule has 1 aromatic carbocycles. The Morgan fingerprint density at radius 1 is 1.16 bits per heavy atom. The van der Waals surface area contributed by atoms with Crippen LogP contribution in [0.15, 0.2) is 24.3 Å². The first-order valence-corrected chi connectivity index (χ1v) is 6.83. The van der Waals surface area contributed by atoms with Crippen LogP contribution >= 0.6 is 0 Å². The number of rotatable bonds is 6. The lowest BCUT2D eigenvalue weighted by atomic mass is 10.1. The van der Waals surface area contributed by atoms with Gasteiger partial charge in [0.15, 0.2) is 0 Å². The van der Waals surface area contributed by atoms with Crippen molar-refractivity contribution in [1.29, 1.82) is 0 Å². The molecule has 1 saturated carbocycles. The third kappa shape index (κ3) is 4.04. The van der Waals surface area contributed by atoms with Crippen molar-refractivity contribution in [2.45, 2.75) is 44.9 Å². The fourth-order valence-electron chi connectivity index (χ4n) is 2.74. The van der Waals surface area contributed by atoms with E-state index in [0.717, 1.165) is 24.0 Å². The van der Waals surface area contributed by atoms with E-state index in [1.165, 1.54) is 12.8 Å². The van der Waals surface area contributed by atoms with Gasteiger partial charge in [0, 0.05) is 12.6 Å². The monoisotopic (exact) mass is 263 g/mol. The number of hydrogen-bond acceptors (Lipinski definition) is 3. The van der Waals surface area contributed by atoms with E-state index in [-0.39, 0.29) is 13.2 Å². The minimum atomic E-state index is -0.765. The van der Waals surface area contributed by atoms with Crippen LogP contribution in [0.5, 0.6) is 0 Å². The molecular formula is C15H21NO3. The average Bonchev–Trinajstić information content (AvgIpc) is 2.92. The molecule has 104 valence electrons. The first-order chi connectivity index (χ1) is 9.19. The van der Waals surface area contributed by atoms with E-state index in [2.05, 4.69) is 4.90 Å². The molecule has 2 rings (SSSR count). The summed E-state index contributed by atoms with van der Waals surface area (Å²) >= 11 is 0. The van der Waals surface area contributed by atoms with Crippen molar-refractivity contribution in [3.8, 4) is 0 Å². The van der Waals surface area contributed by atoms with Crippen LogP contribution in [0.3, 0.4) is 0 Å². The number of hydrogen-bond donors (Lipinski definition) is 2. The fraction of sp³-hybridized carbons (Fsp3) is 0.533. The maximum Gasteiger partial charge on any atom is 0.317 e. The molecule has 19 heavy (non-hydrogen) atoms. The molecule has 1 fully saturated rings. The van der Waals surface area contributed by atoms with Gasteiger partial charge < -0.3 is 10.2 Å². The molecule has 0 unspecified atom stereocenters. The third-order valence-corrected chi connectivity index (χ3v) is 3.77. The number of nitrogens with zero attached hydrogens (tertiary/aromatic N) is 1. The normalized spacial score (nSPS) is 16.1. The number of carboxylic acids is 1. The van der Waals surface area contributed by atoms with Gasteiger partial charge in [-0.05, 0) is 24.0 Å². The quantitative estimate of drug-likeness (QED) is 0.824. The van der Waals surface area contributed by atoms with Gasteiger partial charge in [0.1, 0.15) is 0 Å². The number of aliphatic hydroxyl groups is 1. The molecule has 1 aliphatic carbocycles. The molecule has 0 aromatic heterocycles. The largest absolute Gasteiger partial charge is 0.480 e. The van der Waals surface area contributed by atoms with Crippen LogP contribution in [0, 0.1) is 0 Å². The molecule has 0 saturated heterocycles. The molecule has 4 nitrogen and oxygen atoms in total. The second-order valence-corrected chi connectivity index (χ2v) is 5.21. The second-order valence-electron chi connectivity index (χ2n) is 5.21. The number of benzene rings is 1. The molecule has 0 atom stereocenters. The number of carboxylic acid groups (broad SMARTS) is 1. The SMILES string of the molecule is O=C(O)CN(Cc1ccc(CO)cc1)C1CCCC1. The van der Waals surface area contributed by atoms with Gasteiger partial charge in [0.25, 0.3) is 0 Å². The highest BCUT2D eigenvalue weighted by Gasteiger charge is 2.24. The van der Waals surface area contributed by atoms with Crippen molar-refractivity contribution >= 4 is 5.97 Å². The van der Waals surface area contributed by atoms with Gasteiger partial charge in [-0.15, -0.1) is 0 Å². The van der Waals surface area contributed by atoms with Crippen molar-refractivity contribution in [3.63, 3.8) is 0 Å². The Kier molecular flexibility index (Phi) is 4.93. The minimum Gasteiger partial charge on any atom is -0.480 e. The van der Waals surface area contributed by atoms with Crippen LogP contribution in [-0.4, -0.2) is 33.7 Å². The van der Waals surface area contributed by atoms with E-state index in [1.807, 2.05) is 24.3 Å². The predicted octanol–water partition coefficient (Wildman–Crippen LogP) is 2.01. The minimum absolute atomic E-state index is 0.0434. The van der Waals surface area contributed by atoms with E-state index in [4.69, 9.17) is 10.2 Å². The van der Waals surface area contributed by atoms with Crippen LogP contribution in [0.25, 0.3) is 0 Å². The summed E-state index contributed by atoms with van der Waals surface area (Å²) in [6.45, 7) is 0.816. The van der Waals surface area contributed by atoms with Crippen molar-refractivity contribution in [2.24, 2.45) is 0 Å². The van der Waals surface area contributed by atoms with Gasteiger partial charge in [0.2, 0.25) is 0 Å². The summed E-state index contributed by atoms with van der Waals surface area (Å²) in [4.78, 5) is 13.0. The Hall–Kier alpha value is -1.39. The van der Waals surface area contributed by atoms with E-state index >= 15 is 0 Å². The van der Waals surface area contributed by atoms with Crippen LogP contribution in [-0.2, 0) is 17.9 Å². The summed E-state index contributed by atoms with van der Waals surface area (Å²) in [6, 6.07) is 8.12. The topological polar surface area (TPSA) is 60.8 Å². The Balaban J connectivity index is 2.03. The molecule has 1 aliphatic rings. The highest BCUT2D eigenvalue weighted by atomic mass is 16.4. The summed E-state index contributed by atoms with van der Waals surface area (Å²) in [5, 5.41) is 18.0. The molecule has 0 aliphatic heterocycles. The Morgan fingerprint density at radius 3 is 2.26 bits per heavy atom. The third-order valence-electron chi connectivity index (χ3n) is 3.77. The molecule has 2 N–H and O–H groups in total. The maximum absolute atomic E-state index is 11.0. The summed E-state index contributed by atoms with van der Waals surface area (Å²) in [5.41, 5.74) is 1.99. The molecule has 0 radical (unpaired) electrons. The van der Waals surface area contributed by atoms with Gasteiger partial charge in [-0.2, -0.15) is 0 Å². The fourth-order valence-corrected chi connectivity index (χ4v) is 2.74. The first-order valence-electron chi connectivity index (χ1n) is 6.83. The molecule has 1 aromatic rings. The number of aliphatic hydroxyl groups excluding tert-OH is 1. The number of carbonyl (C=O) groups is 1. The Labute approximate surface area is 113 Å². The Morgan fingerprint density at radius 2 is 1.74 bits per heavy atom. The molecule has 0 bridgehead atoms. The molecule has 4 heteroatoms. The summed E-state index contributed by atoms with van der Waals surface area (Å²) in [5.74, 6) is -0.765. The highest BCUT2D eigenvalue weighted by molar-refractivity contribution is 5.69. The average molecular weight is 263 g/mol. The predicted molar refractivity (Wildman–Crippen MR) is 72.7 cm³/mol. The van der Waals surface area contributed by atoms with Crippen molar-refractivity contribution < 1.29 is 15.0 Å². The van der Waals surface area contributed by atoms with Crippen LogP contribution in [0.2, 0.25) is 0 Å². The lowest BCUT2D eigenvalue weighted by Crippen LogP contribution is -2.37. The van der Waals surface area contributed by atoms with E-state index in [1.54, 1.807) is 0 Å². The standard InChI is InChI=1S/C15H21NO3/c17-11-13-7-5-12(6-8-13)9-16(10-15(18)19)14-3-1-2-4-14/h5-8,14,17H,1-4,9-11H2,(H,18,19). The van der Waals surface area contributed by atoms with Gasteiger partial charge in [-0.25, -0.2) is 0 Å². The number of aliphatic carboxylic acids is 1. The zero-order valence-electron chi connectivity index (χ0n) is 11.1. The summed E-state index contributed by atoms with van der Waals surface area (Å²) < 4.78 is 0. The van der Waals surface area contributed by atoms with Gasteiger partial charge in [-0.3, -0.25) is 9.69 Å². The molecular weight excluding hydrogens is 242 g/mol. The maximum atomic E-state index is 11.0. The van der Waals surface area contributed by atoms with E-state index in [9.17, 15) is 4.79 Å². The van der Waals surface area contributed by atoms with Crippen LogP contribution in [0.4, 0.5) is 0 Å². The lowest BCUT2D eigenvalue weighted by molar-refractivity contribution is -0.139. The molecule has 0 amide bonds. The second kappa shape index (κ2) is 6.68. The zero-order chi connectivity index (χ0) is 13.7. The highest BCUT2D eigenvalue weighted by Crippen LogP contribution is 2.24. The summed E-state index contributed by atoms with van der Waals surface area (Å²) in [6.07, 6.45) is 4.60. The Bertz CT molecular complexity index is 410. The van der Waals surface area contributed by atoms with E-state index < -0.39 is 5.97 Å². The first kappa shape index (κ1) is 14.0. The van der Waals surface area contributed by atoms with Crippen LogP contribution < -0.4 is 0 Å². The zero-order valence-corrected chi connectivity index (χ0v) is 11.1. The van der Waals surface area contributed by atoms with Crippen LogP contribution in [0.1, 0.15) is 36.8 Å². The van der Waals surface area contributed by atoms with Gasteiger partial charge >= 0.3 is 5.97 Å². The van der Waals surface area contributed by atoms with E-state index in [0.29, 0.717) is 12.6 Å². The smallest absolute Gasteiger partial charge is 0.317 e. The molecule has 0 heterocycles. The summed E-state index contributed by atoms with van der Waals surface area (Å²) in [7, 11) is 0. The van der Waals surface area contributed by atoms with Crippen molar-refractivity contribution in [1.82, 2.24) is 4.90 Å². The van der Waals surface area contributed by atoms with Crippen molar-refractivity contribution in [2.75, 3.05) is 6.54 Å². The molecule has 0 spiro atoms. The van der Waals surface area contributed by atoms with Gasteiger partial charge in [-0.1, -0.05) is 37.1 Å².